The predicted octanol–water partition coefficient (Wildman–Crippen LogP) is 5.29. The molecule has 3 atom stereocenters. The molecule has 3 amide bonds. The molecule has 0 radical (unpaired) electrons. The summed E-state index contributed by atoms with van der Waals surface area (Å²) in [4.78, 5) is 43.6. The summed E-state index contributed by atoms with van der Waals surface area (Å²) in [5.41, 5.74) is 4.99. The largest absolute Gasteiger partial charge is 0.497 e. The van der Waals surface area contributed by atoms with Gasteiger partial charge in [-0.05, 0) is 31.0 Å². The van der Waals surface area contributed by atoms with Crippen molar-refractivity contribution in [3.8, 4) is 5.75 Å². The summed E-state index contributed by atoms with van der Waals surface area (Å²) in [5, 5.41) is 1.98. The zero-order valence-corrected chi connectivity index (χ0v) is 23.4. The number of hydrogen-bond donors (Lipinski definition) is 2. The van der Waals surface area contributed by atoms with Gasteiger partial charge >= 0.3 is 18.5 Å². The summed E-state index contributed by atoms with van der Waals surface area (Å²) < 4.78 is 125. The summed E-state index contributed by atoms with van der Waals surface area (Å²) in [5.74, 6) is -8.56. The minimum Gasteiger partial charge on any atom is -0.497 e. The van der Waals surface area contributed by atoms with Crippen LogP contribution in [0.5, 0.6) is 5.75 Å². The molecule has 0 saturated heterocycles. The number of nitrogens with two attached hydrogens (primary N) is 1. The highest BCUT2D eigenvalue weighted by Gasteiger charge is 2.43. The molecule has 0 saturated carbocycles. The van der Waals surface area contributed by atoms with E-state index >= 15 is 0 Å². The maximum absolute atomic E-state index is 13.7. The molecular weight excluding hydrogens is 627 g/mol. The Labute approximate surface area is 250 Å². The molecule has 0 bridgehead atoms. The number of amides is 3. The Morgan fingerprint density at radius 2 is 1.49 bits per heavy atom. The van der Waals surface area contributed by atoms with Crippen LogP contribution in [0.15, 0.2) is 53.5 Å². The Morgan fingerprint density at radius 3 is 2.00 bits per heavy atom. The standard InChI is InChI=1S/C28H27F9N4O4/c1-45-16-7-8-20-19(13-16)21(15-5-3-2-4-6-15)39-23(25(44)41(20)14-28(35,36)37)40-24(43)18(10-12-27(32,33)34)17(22(38)42)9-11-26(29,30)31/h2-8,13,17-18,23H,9-12,14H2,1H3,(H2,38,42)(H,40,43). The van der Waals surface area contributed by atoms with Crippen molar-refractivity contribution in [1.82, 2.24) is 5.32 Å². The van der Waals surface area contributed by atoms with E-state index in [0.29, 0.717) is 0 Å². The lowest BCUT2D eigenvalue weighted by Gasteiger charge is -2.29. The van der Waals surface area contributed by atoms with Crippen molar-refractivity contribution in [2.75, 3.05) is 18.6 Å². The minimum absolute atomic E-state index is 0.0382. The van der Waals surface area contributed by atoms with E-state index in [-0.39, 0.29) is 33.2 Å². The molecular formula is C28H27F9N4O4. The SMILES string of the molecule is COc1ccc2c(c1)C(c1ccccc1)=NC(NC(=O)C(CCC(F)(F)F)C(CCC(F)(F)F)C(N)=O)C(=O)N2CC(F)(F)F. The van der Waals surface area contributed by atoms with Gasteiger partial charge in [0.05, 0.1) is 18.5 Å². The van der Waals surface area contributed by atoms with Crippen molar-refractivity contribution < 1.29 is 58.6 Å². The average molecular weight is 655 g/mol. The quantitative estimate of drug-likeness (QED) is 0.321. The number of methoxy groups -OCH3 is 1. The van der Waals surface area contributed by atoms with Gasteiger partial charge in [0, 0.05) is 35.8 Å². The zero-order valence-electron chi connectivity index (χ0n) is 23.4. The molecule has 3 rings (SSSR count). The van der Waals surface area contributed by atoms with Gasteiger partial charge in [0.15, 0.2) is 0 Å². The Balaban J connectivity index is 2.15. The fraction of sp³-hybridized carbons (Fsp3) is 0.429. The Morgan fingerprint density at radius 1 is 0.911 bits per heavy atom. The van der Waals surface area contributed by atoms with Gasteiger partial charge in [0.2, 0.25) is 18.0 Å². The molecule has 0 fully saturated rings. The first kappa shape index (κ1) is 35.2. The first-order valence-electron chi connectivity index (χ1n) is 13.2. The summed E-state index contributed by atoms with van der Waals surface area (Å²) >= 11 is 0. The van der Waals surface area contributed by atoms with Crippen molar-refractivity contribution >= 4 is 29.1 Å². The molecule has 17 heteroatoms. The molecule has 246 valence electrons. The fourth-order valence-corrected chi connectivity index (χ4v) is 4.79. The van der Waals surface area contributed by atoms with Crippen LogP contribution in [-0.4, -0.2) is 61.8 Å². The van der Waals surface area contributed by atoms with Crippen molar-refractivity contribution in [3.05, 3.63) is 59.7 Å². The van der Waals surface area contributed by atoms with Crippen LogP contribution in [0.4, 0.5) is 45.2 Å². The van der Waals surface area contributed by atoms with Crippen molar-refractivity contribution in [3.63, 3.8) is 0 Å². The van der Waals surface area contributed by atoms with Gasteiger partial charge in [0.1, 0.15) is 12.3 Å². The minimum atomic E-state index is -4.98. The lowest BCUT2D eigenvalue weighted by molar-refractivity contribution is -0.152. The number of fused-ring (bicyclic) bond motifs is 1. The van der Waals surface area contributed by atoms with E-state index < -0.39 is 86.5 Å². The summed E-state index contributed by atoms with van der Waals surface area (Å²) in [6.07, 6.45) is -22.7. The number of alkyl halides is 9. The molecule has 0 aliphatic carbocycles. The second-order valence-electron chi connectivity index (χ2n) is 10.1. The number of hydrogen-bond acceptors (Lipinski definition) is 5. The molecule has 2 aromatic rings. The third-order valence-corrected chi connectivity index (χ3v) is 6.84. The topological polar surface area (TPSA) is 114 Å². The van der Waals surface area contributed by atoms with Crippen LogP contribution in [0.2, 0.25) is 0 Å². The van der Waals surface area contributed by atoms with E-state index in [1.54, 1.807) is 6.07 Å². The van der Waals surface area contributed by atoms with E-state index in [0.717, 1.165) is 6.07 Å². The highest BCUT2D eigenvalue weighted by molar-refractivity contribution is 6.20. The lowest BCUT2D eigenvalue weighted by Crippen LogP contribution is -2.52. The zero-order chi connectivity index (χ0) is 33.7. The molecule has 1 aliphatic heterocycles. The van der Waals surface area contributed by atoms with E-state index in [1.165, 1.54) is 43.5 Å². The Kier molecular flexibility index (Phi) is 10.8. The maximum atomic E-state index is 13.7. The Bertz CT molecular complexity index is 1410. The number of benzodiazepines with no additional fused rings is 1. The van der Waals surface area contributed by atoms with Crippen molar-refractivity contribution in [2.24, 2.45) is 22.6 Å². The number of carbonyl (C=O) groups excluding carboxylic acids is 3. The molecule has 0 aromatic heterocycles. The van der Waals surface area contributed by atoms with Crippen LogP contribution in [-0.2, 0) is 14.4 Å². The lowest BCUT2D eigenvalue weighted by atomic mass is 9.83. The van der Waals surface area contributed by atoms with Gasteiger partial charge in [-0.3, -0.25) is 19.3 Å². The number of rotatable bonds is 11. The molecule has 3 unspecified atom stereocenters. The number of nitrogens with zero attached hydrogens (tertiary/aromatic N) is 2. The first-order chi connectivity index (χ1) is 20.8. The predicted molar refractivity (Wildman–Crippen MR) is 142 cm³/mol. The third-order valence-electron chi connectivity index (χ3n) is 6.84. The smallest absolute Gasteiger partial charge is 0.406 e. The van der Waals surface area contributed by atoms with Gasteiger partial charge in [-0.2, -0.15) is 39.5 Å². The molecule has 45 heavy (non-hydrogen) atoms. The number of anilines is 1. The van der Waals surface area contributed by atoms with Crippen LogP contribution >= 0.6 is 0 Å². The molecule has 1 aliphatic rings. The van der Waals surface area contributed by atoms with Gasteiger partial charge < -0.3 is 15.8 Å². The van der Waals surface area contributed by atoms with Crippen molar-refractivity contribution in [2.45, 2.75) is 50.4 Å². The monoisotopic (exact) mass is 654 g/mol. The van der Waals surface area contributed by atoms with Crippen LogP contribution in [0.25, 0.3) is 0 Å². The van der Waals surface area contributed by atoms with Gasteiger partial charge in [-0.25, -0.2) is 4.99 Å². The van der Waals surface area contributed by atoms with Gasteiger partial charge in [-0.1, -0.05) is 30.3 Å². The van der Waals surface area contributed by atoms with Crippen LogP contribution in [0, 0.1) is 11.8 Å². The van der Waals surface area contributed by atoms with Crippen molar-refractivity contribution in [1.29, 1.82) is 0 Å². The molecule has 0 spiro atoms. The third kappa shape index (κ3) is 9.84. The van der Waals surface area contributed by atoms with E-state index in [4.69, 9.17) is 10.5 Å². The number of nitrogens with one attached hydrogen (secondary N) is 1. The second kappa shape index (κ2) is 13.8. The van der Waals surface area contributed by atoms with Crippen LogP contribution in [0.3, 0.4) is 0 Å². The normalized spacial score (nSPS) is 17.1. The molecule has 3 N–H and O–H groups in total. The maximum Gasteiger partial charge on any atom is 0.406 e. The Hall–Kier alpha value is -4.31. The summed E-state index contributed by atoms with van der Waals surface area (Å²) in [6, 6.07) is 11.3. The van der Waals surface area contributed by atoms with Gasteiger partial charge in [0.25, 0.3) is 5.91 Å². The number of aliphatic imine (C=N–C) groups is 1. The molecule has 8 nitrogen and oxygen atoms in total. The number of halogens is 9. The molecule has 1 heterocycles. The number of ether oxygens (including phenoxy) is 1. The number of carbonyl (C=O) groups is 3. The van der Waals surface area contributed by atoms with Crippen LogP contribution < -0.4 is 20.7 Å². The number of primary amides is 1. The van der Waals surface area contributed by atoms with Crippen LogP contribution in [0.1, 0.15) is 36.8 Å². The summed E-state index contributed by atoms with van der Waals surface area (Å²) in [6.45, 7) is -1.87. The second-order valence-corrected chi connectivity index (χ2v) is 10.1. The number of benzene rings is 2. The fourth-order valence-electron chi connectivity index (χ4n) is 4.79. The van der Waals surface area contributed by atoms with Gasteiger partial charge in [-0.15, -0.1) is 0 Å². The molecule has 2 aromatic carbocycles. The van der Waals surface area contributed by atoms with E-state index in [9.17, 15) is 53.9 Å². The summed E-state index contributed by atoms with van der Waals surface area (Å²) in [7, 11) is 1.27. The first-order valence-corrected chi connectivity index (χ1v) is 13.2. The average Bonchev–Trinajstić information content (AvgIpc) is 3.03. The highest BCUT2D eigenvalue weighted by atomic mass is 19.4. The van der Waals surface area contributed by atoms with E-state index in [1.807, 2.05) is 5.32 Å². The highest BCUT2D eigenvalue weighted by Crippen LogP contribution is 2.35. The van der Waals surface area contributed by atoms with E-state index in [2.05, 4.69) is 4.99 Å².